The van der Waals surface area contributed by atoms with Crippen LogP contribution in [0.4, 0.5) is 0 Å². The van der Waals surface area contributed by atoms with E-state index in [2.05, 4.69) is 10.6 Å². The Morgan fingerprint density at radius 3 is 2.58 bits per heavy atom. The van der Waals surface area contributed by atoms with Gasteiger partial charge in [0.2, 0.25) is 5.91 Å². The second-order valence-corrected chi connectivity index (χ2v) is 5.03. The largest absolute Gasteiger partial charge is 0.480 e. The highest BCUT2D eigenvalue weighted by atomic mass is 16.5. The Morgan fingerprint density at radius 2 is 2.05 bits per heavy atom. The molecular weight excluding hydrogens is 248 g/mol. The number of aliphatic carboxylic acids is 1. The number of ether oxygens (including phenoxy) is 1. The maximum absolute atomic E-state index is 11.7. The summed E-state index contributed by atoms with van der Waals surface area (Å²) < 4.78 is 5.49. The summed E-state index contributed by atoms with van der Waals surface area (Å²) in [5.74, 6) is -1.45. The molecule has 0 aliphatic carbocycles. The SMILES string of the molecule is CC[C@H](C)[C@H](NC(=O)COC1CCNCC1)C(=O)O. The van der Waals surface area contributed by atoms with Gasteiger partial charge in [-0.2, -0.15) is 0 Å². The number of rotatable bonds is 7. The molecule has 19 heavy (non-hydrogen) atoms. The van der Waals surface area contributed by atoms with E-state index in [4.69, 9.17) is 9.84 Å². The van der Waals surface area contributed by atoms with E-state index < -0.39 is 12.0 Å². The van der Waals surface area contributed by atoms with Crippen LogP contribution < -0.4 is 10.6 Å². The zero-order chi connectivity index (χ0) is 14.3. The van der Waals surface area contributed by atoms with Gasteiger partial charge in [-0.05, 0) is 31.8 Å². The number of carbonyl (C=O) groups is 2. The zero-order valence-electron chi connectivity index (χ0n) is 11.6. The van der Waals surface area contributed by atoms with Gasteiger partial charge < -0.3 is 20.5 Å². The number of hydrogen-bond acceptors (Lipinski definition) is 4. The lowest BCUT2D eigenvalue weighted by Crippen LogP contribution is -2.47. The molecule has 0 radical (unpaired) electrons. The fourth-order valence-electron chi connectivity index (χ4n) is 2.05. The molecule has 2 atom stereocenters. The Hall–Kier alpha value is -1.14. The number of nitrogens with one attached hydrogen (secondary N) is 2. The van der Waals surface area contributed by atoms with Crippen LogP contribution in [0.3, 0.4) is 0 Å². The second-order valence-electron chi connectivity index (χ2n) is 5.03. The van der Waals surface area contributed by atoms with Crippen LogP contribution in [0.2, 0.25) is 0 Å². The third-order valence-electron chi connectivity index (χ3n) is 3.53. The molecule has 6 heteroatoms. The van der Waals surface area contributed by atoms with Crippen molar-refractivity contribution in [2.75, 3.05) is 19.7 Å². The molecule has 0 spiro atoms. The van der Waals surface area contributed by atoms with Gasteiger partial charge in [-0.3, -0.25) is 4.79 Å². The van der Waals surface area contributed by atoms with Crippen LogP contribution in [-0.2, 0) is 14.3 Å². The lowest BCUT2D eigenvalue weighted by Gasteiger charge is -2.24. The average Bonchev–Trinajstić information content (AvgIpc) is 2.42. The first-order valence-corrected chi connectivity index (χ1v) is 6.89. The van der Waals surface area contributed by atoms with Crippen LogP contribution >= 0.6 is 0 Å². The van der Waals surface area contributed by atoms with E-state index in [1.807, 2.05) is 13.8 Å². The topological polar surface area (TPSA) is 87.7 Å². The Kier molecular flexibility index (Phi) is 6.80. The second kappa shape index (κ2) is 8.12. The van der Waals surface area contributed by atoms with Crippen molar-refractivity contribution in [3.63, 3.8) is 0 Å². The minimum absolute atomic E-state index is 0.0646. The Labute approximate surface area is 113 Å². The molecule has 3 N–H and O–H groups in total. The van der Waals surface area contributed by atoms with Crippen molar-refractivity contribution >= 4 is 11.9 Å². The molecule has 1 saturated heterocycles. The van der Waals surface area contributed by atoms with Crippen molar-refractivity contribution in [2.45, 2.75) is 45.3 Å². The monoisotopic (exact) mass is 272 g/mol. The number of amides is 1. The Balaban J connectivity index is 2.33. The standard InChI is InChI=1S/C13H24N2O4/c1-3-9(2)12(13(17)18)15-11(16)8-19-10-4-6-14-7-5-10/h9-10,12,14H,3-8H2,1-2H3,(H,15,16)(H,17,18)/t9-,12-/m0/s1. The highest BCUT2D eigenvalue weighted by Gasteiger charge is 2.25. The van der Waals surface area contributed by atoms with Crippen LogP contribution in [0.25, 0.3) is 0 Å². The molecule has 1 aliphatic heterocycles. The van der Waals surface area contributed by atoms with Gasteiger partial charge in [0.05, 0.1) is 6.10 Å². The highest BCUT2D eigenvalue weighted by molar-refractivity contribution is 5.84. The highest BCUT2D eigenvalue weighted by Crippen LogP contribution is 2.09. The van der Waals surface area contributed by atoms with Gasteiger partial charge >= 0.3 is 5.97 Å². The van der Waals surface area contributed by atoms with Crippen molar-refractivity contribution in [1.29, 1.82) is 0 Å². The first-order valence-electron chi connectivity index (χ1n) is 6.89. The first kappa shape index (κ1) is 15.9. The van der Waals surface area contributed by atoms with Crippen LogP contribution in [0.1, 0.15) is 33.1 Å². The minimum atomic E-state index is -0.996. The molecule has 1 aliphatic rings. The third-order valence-corrected chi connectivity index (χ3v) is 3.53. The van der Waals surface area contributed by atoms with Crippen molar-refractivity contribution in [1.82, 2.24) is 10.6 Å². The molecule has 1 heterocycles. The number of carbonyl (C=O) groups excluding carboxylic acids is 1. The molecule has 0 saturated carbocycles. The maximum atomic E-state index is 11.7. The van der Waals surface area contributed by atoms with Crippen LogP contribution in [0.15, 0.2) is 0 Å². The molecule has 110 valence electrons. The summed E-state index contributed by atoms with van der Waals surface area (Å²) in [6.07, 6.45) is 2.58. The Bertz CT molecular complexity index is 303. The summed E-state index contributed by atoms with van der Waals surface area (Å²) in [4.78, 5) is 22.8. The molecule has 0 unspecified atom stereocenters. The van der Waals surface area contributed by atoms with Gasteiger partial charge in [-0.25, -0.2) is 4.79 Å². The molecule has 1 amide bonds. The van der Waals surface area contributed by atoms with E-state index >= 15 is 0 Å². The molecule has 1 fully saturated rings. The summed E-state index contributed by atoms with van der Waals surface area (Å²) in [5.41, 5.74) is 0. The van der Waals surface area contributed by atoms with Crippen LogP contribution in [0.5, 0.6) is 0 Å². The van der Waals surface area contributed by atoms with Crippen LogP contribution in [0, 0.1) is 5.92 Å². The van der Waals surface area contributed by atoms with Crippen molar-refractivity contribution in [3.8, 4) is 0 Å². The van der Waals surface area contributed by atoms with Crippen molar-refractivity contribution < 1.29 is 19.4 Å². The lowest BCUT2D eigenvalue weighted by atomic mass is 9.99. The van der Waals surface area contributed by atoms with Gasteiger partial charge in [0.1, 0.15) is 12.6 Å². The number of hydrogen-bond donors (Lipinski definition) is 3. The predicted octanol–water partition coefficient (Wildman–Crippen LogP) is 0.371. The smallest absolute Gasteiger partial charge is 0.326 e. The molecule has 0 aromatic carbocycles. The summed E-state index contributed by atoms with van der Waals surface area (Å²) in [6.45, 7) is 5.45. The van der Waals surface area contributed by atoms with Crippen LogP contribution in [-0.4, -0.2) is 48.8 Å². The van der Waals surface area contributed by atoms with E-state index in [-0.39, 0.29) is 24.5 Å². The number of carboxylic acids is 1. The van der Waals surface area contributed by atoms with E-state index in [0.29, 0.717) is 6.42 Å². The quantitative estimate of drug-likeness (QED) is 0.623. The third kappa shape index (κ3) is 5.57. The molecule has 0 bridgehead atoms. The van der Waals surface area contributed by atoms with Gasteiger partial charge in [-0.15, -0.1) is 0 Å². The normalized spacial score (nSPS) is 19.7. The summed E-state index contributed by atoms with van der Waals surface area (Å²) >= 11 is 0. The molecule has 0 aromatic heterocycles. The lowest BCUT2D eigenvalue weighted by molar-refractivity contribution is -0.144. The van der Waals surface area contributed by atoms with Gasteiger partial charge in [-0.1, -0.05) is 20.3 Å². The molecular formula is C13H24N2O4. The Morgan fingerprint density at radius 1 is 1.42 bits per heavy atom. The molecule has 1 rings (SSSR count). The first-order chi connectivity index (χ1) is 9.04. The fourth-order valence-corrected chi connectivity index (χ4v) is 2.05. The van der Waals surface area contributed by atoms with Crippen molar-refractivity contribution in [3.05, 3.63) is 0 Å². The predicted molar refractivity (Wildman–Crippen MR) is 70.9 cm³/mol. The summed E-state index contributed by atoms with van der Waals surface area (Å²) in [7, 11) is 0. The van der Waals surface area contributed by atoms with E-state index in [9.17, 15) is 9.59 Å². The van der Waals surface area contributed by atoms with Crippen molar-refractivity contribution in [2.24, 2.45) is 5.92 Å². The maximum Gasteiger partial charge on any atom is 0.326 e. The van der Waals surface area contributed by atoms with E-state index in [1.165, 1.54) is 0 Å². The molecule has 6 nitrogen and oxygen atoms in total. The van der Waals surface area contributed by atoms with Gasteiger partial charge in [0.25, 0.3) is 0 Å². The fraction of sp³-hybridized carbons (Fsp3) is 0.846. The number of piperidine rings is 1. The minimum Gasteiger partial charge on any atom is -0.480 e. The van der Waals surface area contributed by atoms with E-state index in [0.717, 1.165) is 25.9 Å². The zero-order valence-corrected chi connectivity index (χ0v) is 11.6. The average molecular weight is 272 g/mol. The van der Waals surface area contributed by atoms with Gasteiger partial charge in [0.15, 0.2) is 0 Å². The van der Waals surface area contributed by atoms with E-state index in [1.54, 1.807) is 0 Å². The van der Waals surface area contributed by atoms with Gasteiger partial charge in [0, 0.05) is 0 Å². The summed E-state index contributed by atoms with van der Waals surface area (Å²) in [5, 5.41) is 14.8. The number of carboxylic acid groups (broad SMARTS) is 1. The summed E-state index contributed by atoms with van der Waals surface area (Å²) in [6, 6.07) is -0.839. The molecule has 0 aromatic rings.